The van der Waals surface area contributed by atoms with E-state index in [0.29, 0.717) is 29.0 Å². The normalized spacial score (nSPS) is 23.9. The van der Waals surface area contributed by atoms with Crippen LogP contribution in [0, 0.1) is 24.6 Å². The number of carbonyl (C=O) groups is 2. The van der Waals surface area contributed by atoms with Crippen molar-refractivity contribution >= 4 is 12.1 Å². The third kappa shape index (κ3) is 7.57. The smallest absolute Gasteiger partial charge is 0.410 e. The van der Waals surface area contributed by atoms with Gasteiger partial charge in [0.2, 0.25) is 0 Å². The summed E-state index contributed by atoms with van der Waals surface area (Å²) in [7, 11) is 0. The van der Waals surface area contributed by atoms with Gasteiger partial charge >= 0.3 is 12.1 Å². The lowest BCUT2D eigenvalue weighted by Gasteiger charge is -2.45. The van der Waals surface area contributed by atoms with Crippen LogP contribution in [0.2, 0.25) is 0 Å². The van der Waals surface area contributed by atoms with Crippen molar-refractivity contribution in [3.63, 3.8) is 0 Å². The third-order valence-corrected chi connectivity index (χ3v) is 7.66. The van der Waals surface area contributed by atoms with Crippen LogP contribution in [-0.4, -0.2) is 60.3 Å². The maximum atomic E-state index is 14.8. The second kappa shape index (κ2) is 13.2. The van der Waals surface area contributed by atoms with E-state index in [1.54, 1.807) is 71.0 Å². The molecule has 2 aliphatic heterocycles. The van der Waals surface area contributed by atoms with E-state index in [1.165, 1.54) is 11.0 Å². The van der Waals surface area contributed by atoms with E-state index in [1.807, 2.05) is 0 Å². The average Bonchev–Trinajstić information content (AvgIpc) is 2.93. The molecule has 4 rings (SSSR count). The lowest BCUT2D eigenvalue weighted by Crippen LogP contribution is -2.53. The number of likely N-dealkylation sites (tertiary alicyclic amines) is 1. The number of amides is 1. The Bertz CT molecular complexity index is 1210. The molecule has 1 N–H and O–H groups in total. The van der Waals surface area contributed by atoms with Gasteiger partial charge in [-0.25, -0.2) is 9.18 Å². The molecule has 8 nitrogen and oxygen atoms in total. The molecule has 9 heteroatoms. The number of hydrogen-bond donors (Lipinski definition) is 1. The first kappa shape index (κ1) is 30.8. The van der Waals surface area contributed by atoms with E-state index >= 15 is 0 Å². The highest BCUT2D eigenvalue weighted by Crippen LogP contribution is 2.46. The maximum absolute atomic E-state index is 14.8. The highest BCUT2D eigenvalue weighted by molar-refractivity contribution is 5.76. The predicted molar refractivity (Wildman–Crippen MR) is 151 cm³/mol. The van der Waals surface area contributed by atoms with Crippen LogP contribution >= 0.6 is 0 Å². The summed E-state index contributed by atoms with van der Waals surface area (Å²) in [6.07, 6.45) is 0.716. The van der Waals surface area contributed by atoms with Crippen LogP contribution in [0.25, 0.3) is 0 Å². The monoisotopic (exact) mass is 571 g/mol. The summed E-state index contributed by atoms with van der Waals surface area (Å²) in [4.78, 5) is 28.1. The second-order valence-electron chi connectivity index (χ2n) is 11.8. The van der Waals surface area contributed by atoms with Gasteiger partial charge in [0.15, 0.2) is 6.29 Å². The number of esters is 1. The van der Waals surface area contributed by atoms with Crippen molar-refractivity contribution in [2.24, 2.45) is 11.8 Å². The summed E-state index contributed by atoms with van der Waals surface area (Å²) in [5, 5.41) is 11.9. The summed E-state index contributed by atoms with van der Waals surface area (Å²) >= 11 is 0. The van der Waals surface area contributed by atoms with Crippen molar-refractivity contribution in [3.8, 4) is 5.75 Å². The molecule has 224 valence electrons. The summed E-state index contributed by atoms with van der Waals surface area (Å²) in [6, 6.07) is 11.9. The minimum absolute atomic E-state index is 0.0136. The number of aliphatic hydroxyl groups excluding tert-OH is 1. The van der Waals surface area contributed by atoms with Crippen LogP contribution in [-0.2, 0) is 19.0 Å². The zero-order chi connectivity index (χ0) is 29.7. The van der Waals surface area contributed by atoms with Gasteiger partial charge in [0.05, 0.1) is 25.2 Å². The van der Waals surface area contributed by atoms with E-state index in [4.69, 9.17) is 18.9 Å². The van der Waals surface area contributed by atoms with E-state index in [0.717, 1.165) is 19.3 Å². The molecular formula is C32H42FNO7. The molecule has 0 saturated carbocycles. The molecule has 0 spiro atoms. The van der Waals surface area contributed by atoms with Gasteiger partial charge in [0.1, 0.15) is 17.2 Å². The Morgan fingerprint density at radius 2 is 1.90 bits per heavy atom. The number of nitrogens with zero attached hydrogens (tertiary/aromatic N) is 1. The molecule has 41 heavy (non-hydrogen) atoms. The van der Waals surface area contributed by atoms with Gasteiger partial charge in [0.25, 0.3) is 0 Å². The van der Waals surface area contributed by atoms with Gasteiger partial charge in [0, 0.05) is 31.3 Å². The second-order valence-corrected chi connectivity index (χ2v) is 11.8. The zero-order valence-electron chi connectivity index (χ0n) is 24.6. The number of aliphatic hydroxyl groups is 1. The van der Waals surface area contributed by atoms with E-state index in [9.17, 15) is 19.1 Å². The van der Waals surface area contributed by atoms with Gasteiger partial charge in [-0.05, 0) is 82.3 Å². The number of halogens is 1. The van der Waals surface area contributed by atoms with Crippen molar-refractivity contribution in [3.05, 3.63) is 65.0 Å². The molecule has 5 atom stereocenters. The minimum atomic E-state index is -1.12. The SMILES string of the molecule is CCOC(=O)C1CN(C(=O)OC(C)(C)C)CC([C@H](O)c2cccc(OC3CCCCO3)c2)C1c1cccc(F)c1C. The Labute approximate surface area is 241 Å². The highest BCUT2D eigenvalue weighted by atomic mass is 19.1. The van der Waals surface area contributed by atoms with Gasteiger partial charge in [-0.3, -0.25) is 4.79 Å². The van der Waals surface area contributed by atoms with Crippen molar-refractivity contribution < 1.29 is 38.0 Å². The lowest BCUT2D eigenvalue weighted by atomic mass is 9.69. The fourth-order valence-electron chi connectivity index (χ4n) is 5.74. The molecule has 2 aliphatic rings. The number of benzene rings is 2. The Kier molecular flexibility index (Phi) is 9.92. The summed E-state index contributed by atoms with van der Waals surface area (Å²) in [5.74, 6) is -2.55. The Morgan fingerprint density at radius 1 is 1.15 bits per heavy atom. The Hall–Kier alpha value is -3.17. The number of ether oxygens (including phenoxy) is 4. The quantitative estimate of drug-likeness (QED) is 0.414. The maximum Gasteiger partial charge on any atom is 0.410 e. The first-order valence-corrected chi connectivity index (χ1v) is 14.4. The summed E-state index contributed by atoms with van der Waals surface area (Å²) < 4.78 is 37.7. The first-order valence-electron chi connectivity index (χ1n) is 14.4. The Balaban J connectivity index is 1.74. The zero-order valence-corrected chi connectivity index (χ0v) is 24.6. The van der Waals surface area contributed by atoms with Crippen molar-refractivity contribution in [1.29, 1.82) is 0 Å². The van der Waals surface area contributed by atoms with E-state index in [-0.39, 0.29) is 26.0 Å². The molecule has 2 saturated heterocycles. The van der Waals surface area contributed by atoms with Crippen LogP contribution in [0.5, 0.6) is 5.75 Å². The minimum Gasteiger partial charge on any atom is -0.466 e. The third-order valence-electron chi connectivity index (χ3n) is 7.66. The standard InChI is InChI=1S/C32H42FNO7/c1-6-38-30(36)25-19-34(31(37)41-32(3,4)5)18-24(28(25)23-13-10-14-26(33)20(23)2)29(35)21-11-9-12-22(17-21)40-27-15-7-8-16-39-27/h9-14,17,24-25,27-29,35H,6-8,15-16,18-19H2,1-5H3/t24?,25?,27?,28?,29-/m1/s1. The van der Waals surface area contributed by atoms with E-state index < -0.39 is 47.3 Å². The van der Waals surface area contributed by atoms with Crippen LogP contribution in [0.1, 0.15) is 75.7 Å². The molecule has 4 unspecified atom stereocenters. The van der Waals surface area contributed by atoms with Crippen LogP contribution in [0.4, 0.5) is 9.18 Å². The molecule has 2 aromatic carbocycles. The van der Waals surface area contributed by atoms with Crippen molar-refractivity contribution in [2.75, 3.05) is 26.3 Å². The van der Waals surface area contributed by atoms with Crippen LogP contribution < -0.4 is 4.74 Å². The van der Waals surface area contributed by atoms with Gasteiger partial charge < -0.3 is 29.0 Å². The van der Waals surface area contributed by atoms with Gasteiger partial charge in [-0.1, -0.05) is 24.3 Å². The van der Waals surface area contributed by atoms with Crippen LogP contribution in [0.3, 0.4) is 0 Å². The average molecular weight is 572 g/mol. The number of carbonyl (C=O) groups excluding carboxylic acids is 2. The van der Waals surface area contributed by atoms with Crippen molar-refractivity contribution in [2.45, 2.75) is 77.8 Å². The summed E-state index contributed by atoms with van der Waals surface area (Å²) in [5.41, 5.74) is 0.782. The number of hydrogen-bond acceptors (Lipinski definition) is 7. The molecule has 0 radical (unpaired) electrons. The molecule has 1 amide bonds. The molecule has 2 aromatic rings. The van der Waals surface area contributed by atoms with Gasteiger partial charge in [-0.2, -0.15) is 0 Å². The van der Waals surface area contributed by atoms with Crippen molar-refractivity contribution in [1.82, 2.24) is 4.90 Å². The number of rotatable bonds is 7. The molecule has 0 bridgehead atoms. The molecule has 0 aromatic heterocycles. The molecule has 0 aliphatic carbocycles. The molecular weight excluding hydrogens is 529 g/mol. The first-order chi connectivity index (χ1) is 19.5. The fraction of sp³-hybridized carbons (Fsp3) is 0.562. The lowest BCUT2D eigenvalue weighted by molar-refractivity contribution is -0.152. The largest absolute Gasteiger partial charge is 0.466 e. The van der Waals surface area contributed by atoms with Crippen LogP contribution in [0.15, 0.2) is 42.5 Å². The highest BCUT2D eigenvalue weighted by Gasteiger charge is 2.48. The van der Waals surface area contributed by atoms with E-state index in [2.05, 4.69) is 0 Å². The Morgan fingerprint density at radius 3 is 2.59 bits per heavy atom. The summed E-state index contributed by atoms with van der Waals surface area (Å²) in [6.45, 7) is 9.56. The fourth-order valence-corrected chi connectivity index (χ4v) is 5.74. The molecule has 2 heterocycles. The predicted octanol–water partition coefficient (Wildman–Crippen LogP) is 5.90. The van der Waals surface area contributed by atoms with Gasteiger partial charge in [-0.15, -0.1) is 0 Å². The molecule has 2 fully saturated rings. The number of piperidine rings is 1. The topological polar surface area (TPSA) is 94.5 Å².